The summed E-state index contributed by atoms with van der Waals surface area (Å²) in [6, 6.07) is 7.60. The number of rotatable bonds is 2. The first kappa shape index (κ1) is 14.9. The predicted octanol–water partition coefficient (Wildman–Crippen LogP) is 2.81. The molecule has 24 heavy (non-hydrogen) atoms. The van der Waals surface area contributed by atoms with Crippen LogP contribution in [-0.4, -0.2) is 27.9 Å². The average Bonchev–Trinajstić information content (AvgIpc) is 3.25. The van der Waals surface area contributed by atoms with Gasteiger partial charge in [0.05, 0.1) is 17.2 Å². The fraction of sp³-hybridized carbons (Fsp3) is 0.222. The van der Waals surface area contributed by atoms with Crippen LogP contribution in [-0.2, 0) is 0 Å². The molecule has 1 aliphatic rings. The average molecular weight is 339 g/mol. The maximum Gasteiger partial charge on any atom is 0.266 e. The SMILES string of the molecule is C#Cc1c(N2CC[C@@H](n3cccn3)C2)c2cc(Cl)ccc2[nH]c1=O. The Hall–Kier alpha value is -2.71. The first-order valence-electron chi connectivity index (χ1n) is 7.73. The zero-order chi connectivity index (χ0) is 16.7. The molecule has 0 bridgehead atoms. The van der Waals surface area contributed by atoms with Crippen LogP contribution in [0.4, 0.5) is 5.69 Å². The highest BCUT2D eigenvalue weighted by Gasteiger charge is 2.28. The van der Waals surface area contributed by atoms with Gasteiger partial charge in [-0.3, -0.25) is 9.48 Å². The van der Waals surface area contributed by atoms with E-state index in [1.807, 2.05) is 29.1 Å². The summed E-state index contributed by atoms with van der Waals surface area (Å²) in [5.41, 5.74) is 1.63. The molecule has 2 aromatic heterocycles. The number of benzene rings is 1. The zero-order valence-electron chi connectivity index (χ0n) is 12.9. The molecule has 1 fully saturated rings. The molecule has 0 radical (unpaired) electrons. The van der Waals surface area contributed by atoms with Gasteiger partial charge in [0.15, 0.2) is 0 Å². The van der Waals surface area contributed by atoms with E-state index in [0.717, 1.165) is 36.1 Å². The Morgan fingerprint density at radius 1 is 1.42 bits per heavy atom. The Kier molecular flexibility index (Phi) is 3.55. The topological polar surface area (TPSA) is 53.9 Å². The van der Waals surface area contributed by atoms with Crippen LogP contribution < -0.4 is 10.5 Å². The van der Waals surface area contributed by atoms with Crippen molar-refractivity contribution in [2.45, 2.75) is 12.5 Å². The fourth-order valence-electron chi connectivity index (χ4n) is 3.37. The molecule has 5 nitrogen and oxygen atoms in total. The summed E-state index contributed by atoms with van der Waals surface area (Å²) in [7, 11) is 0. The third-order valence-corrected chi connectivity index (χ3v) is 4.71. The summed E-state index contributed by atoms with van der Waals surface area (Å²) in [5, 5.41) is 5.81. The van der Waals surface area contributed by atoms with Gasteiger partial charge in [0.25, 0.3) is 5.56 Å². The number of aromatic nitrogens is 3. The van der Waals surface area contributed by atoms with Gasteiger partial charge in [-0.05, 0) is 30.7 Å². The number of hydrogen-bond acceptors (Lipinski definition) is 3. The Morgan fingerprint density at radius 3 is 3.04 bits per heavy atom. The van der Waals surface area contributed by atoms with Crippen LogP contribution in [0.2, 0.25) is 5.02 Å². The van der Waals surface area contributed by atoms with Crippen LogP contribution in [0.3, 0.4) is 0 Å². The van der Waals surface area contributed by atoms with Gasteiger partial charge in [0, 0.05) is 35.9 Å². The molecule has 1 aliphatic heterocycles. The van der Waals surface area contributed by atoms with Crippen molar-refractivity contribution in [2.75, 3.05) is 18.0 Å². The second kappa shape index (κ2) is 5.73. The van der Waals surface area contributed by atoms with Crippen molar-refractivity contribution >= 4 is 28.2 Å². The number of terminal acetylenes is 1. The van der Waals surface area contributed by atoms with E-state index in [9.17, 15) is 4.79 Å². The minimum Gasteiger partial charge on any atom is -0.368 e. The van der Waals surface area contributed by atoms with Crippen molar-refractivity contribution in [3.8, 4) is 12.3 Å². The molecule has 120 valence electrons. The number of nitrogens with one attached hydrogen (secondary N) is 1. The summed E-state index contributed by atoms with van der Waals surface area (Å²) in [4.78, 5) is 17.4. The summed E-state index contributed by atoms with van der Waals surface area (Å²) in [6.07, 6.45) is 10.3. The number of anilines is 1. The summed E-state index contributed by atoms with van der Waals surface area (Å²) >= 11 is 6.17. The fourth-order valence-corrected chi connectivity index (χ4v) is 3.54. The van der Waals surface area contributed by atoms with E-state index in [1.165, 1.54) is 0 Å². The second-order valence-electron chi connectivity index (χ2n) is 5.89. The molecule has 1 aromatic carbocycles. The van der Waals surface area contributed by atoms with E-state index < -0.39 is 0 Å². The van der Waals surface area contributed by atoms with Gasteiger partial charge in [-0.2, -0.15) is 5.10 Å². The van der Waals surface area contributed by atoms with Gasteiger partial charge >= 0.3 is 0 Å². The van der Waals surface area contributed by atoms with Crippen LogP contribution in [0.15, 0.2) is 41.5 Å². The number of hydrogen-bond donors (Lipinski definition) is 1. The molecule has 4 rings (SSSR count). The zero-order valence-corrected chi connectivity index (χ0v) is 13.6. The van der Waals surface area contributed by atoms with Gasteiger partial charge < -0.3 is 9.88 Å². The number of H-pyrrole nitrogens is 1. The summed E-state index contributed by atoms with van der Waals surface area (Å²) < 4.78 is 1.96. The largest absolute Gasteiger partial charge is 0.368 e. The minimum absolute atomic E-state index is 0.245. The summed E-state index contributed by atoms with van der Waals surface area (Å²) in [5.74, 6) is 2.55. The molecule has 3 aromatic rings. The van der Waals surface area contributed by atoms with E-state index in [-0.39, 0.29) is 11.6 Å². The second-order valence-corrected chi connectivity index (χ2v) is 6.32. The van der Waals surface area contributed by atoms with Crippen molar-refractivity contribution in [3.63, 3.8) is 0 Å². The lowest BCUT2D eigenvalue weighted by Crippen LogP contribution is -2.25. The molecule has 1 saturated heterocycles. The number of aromatic amines is 1. The Labute approximate surface area is 143 Å². The quantitative estimate of drug-likeness (QED) is 0.731. The molecular formula is C18H15ClN4O. The third kappa shape index (κ3) is 2.36. The lowest BCUT2D eigenvalue weighted by molar-refractivity contribution is 0.495. The minimum atomic E-state index is -0.245. The number of nitrogens with zero attached hydrogens (tertiary/aromatic N) is 3. The van der Waals surface area contributed by atoms with E-state index in [4.69, 9.17) is 18.0 Å². The summed E-state index contributed by atoms with van der Waals surface area (Å²) in [6.45, 7) is 1.56. The molecule has 1 atom stereocenters. The van der Waals surface area contributed by atoms with Crippen molar-refractivity contribution in [2.24, 2.45) is 0 Å². The molecule has 0 unspecified atom stereocenters. The molecule has 0 saturated carbocycles. The van der Waals surface area contributed by atoms with Crippen molar-refractivity contribution in [1.29, 1.82) is 0 Å². The lowest BCUT2D eigenvalue weighted by Gasteiger charge is -2.22. The maximum absolute atomic E-state index is 12.4. The van der Waals surface area contributed by atoms with Crippen LogP contribution in [0.25, 0.3) is 10.9 Å². The Bertz CT molecular complexity index is 1000. The molecular weight excluding hydrogens is 324 g/mol. The molecule has 3 heterocycles. The molecule has 6 heteroatoms. The van der Waals surface area contributed by atoms with E-state index in [2.05, 4.69) is 20.9 Å². The van der Waals surface area contributed by atoms with Gasteiger partial charge in [-0.25, -0.2) is 0 Å². The highest BCUT2D eigenvalue weighted by molar-refractivity contribution is 6.31. The van der Waals surface area contributed by atoms with Crippen molar-refractivity contribution in [1.82, 2.24) is 14.8 Å². The number of halogens is 1. The van der Waals surface area contributed by atoms with Gasteiger partial charge in [0.1, 0.15) is 5.56 Å². The number of pyridine rings is 1. The van der Waals surface area contributed by atoms with E-state index in [1.54, 1.807) is 12.3 Å². The monoisotopic (exact) mass is 338 g/mol. The van der Waals surface area contributed by atoms with Crippen molar-refractivity contribution < 1.29 is 0 Å². The Morgan fingerprint density at radius 2 is 2.29 bits per heavy atom. The maximum atomic E-state index is 12.4. The number of fused-ring (bicyclic) bond motifs is 1. The van der Waals surface area contributed by atoms with Gasteiger partial charge in [0.2, 0.25) is 0 Å². The normalized spacial score (nSPS) is 17.3. The van der Waals surface area contributed by atoms with Gasteiger partial charge in [-0.15, -0.1) is 6.42 Å². The smallest absolute Gasteiger partial charge is 0.266 e. The van der Waals surface area contributed by atoms with E-state index in [0.29, 0.717) is 10.6 Å². The van der Waals surface area contributed by atoms with Gasteiger partial charge in [-0.1, -0.05) is 17.5 Å². The van der Waals surface area contributed by atoms with Crippen LogP contribution in [0, 0.1) is 12.3 Å². The predicted molar refractivity (Wildman–Crippen MR) is 95.6 cm³/mol. The first-order chi connectivity index (χ1) is 11.7. The highest BCUT2D eigenvalue weighted by atomic mass is 35.5. The Balaban J connectivity index is 1.85. The highest BCUT2D eigenvalue weighted by Crippen LogP contribution is 2.34. The molecule has 0 spiro atoms. The van der Waals surface area contributed by atoms with Crippen LogP contribution in [0.1, 0.15) is 18.0 Å². The first-order valence-corrected chi connectivity index (χ1v) is 8.11. The lowest BCUT2D eigenvalue weighted by atomic mass is 10.1. The van der Waals surface area contributed by atoms with Crippen LogP contribution in [0.5, 0.6) is 0 Å². The molecule has 0 amide bonds. The van der Waals surface area contributed by atoms with Crippen LogP contribution >= 0.6 is 11.6 Å². The van der Waals surface area contributed by atoms with E-state index >= 15 is 0 Å². The third-order valence-electron chi connectivity index (χ3n) is 4.47. The van der Waals surface area contributed by atoms with Crippen molar-refractivity contribution in [3.05, 3.63) is 57.6 Å². The molecule has 1 N–H and O–H groups in total. The standard InChI is InChI=1S/C18H15ClN4O/c1-2-14-17(15-10-12(19)4-5-16(15)21-18(14)24)22-9-6-13(11-22)23-8-3-7-20-23/h1,3-5,7-8,10,13H,6,9,11H2,(H,21,24)/t13-/m1/s1. The molecule has 0 aliphatic carbocycles.